The predicted octanol–water partition coefficient (Wildman–Crippen LogP) is 1.86. The molecule has 0 radical (unpaired) electrons. The van der Waals surface area contributed by atoms with E-state index in [-0.39, 0.29) is 24.0 Å². The van der Waals surface area contributed by atoms with E-state index in [9.17, 15) is 13.6 Å². The van der Waals surface area contributed by atoms with Crippen LogP contribution in [0, 0.1) is 11.6 Å². The maximum Gasteiger partial charge on any atom is 0.225 e. The minimum atomic E-state index is -0.537. The summed E-state index contributed by atoms with van der Waals surface area (Å²) in [6.45, 7) is 3.67. The largest absolute Gasteiger partial charge is 0.375 e. The summed E-state index contributed by atoms with van der Waals surface area (Å²) >= 11 is 0. The highest BCUT2D eigenvalue weighted by Gasteiger charge is 2.24. The van der Waals surface area contributed by atoms with E-state index >= 15 is 0 Å². The molecule has 0 saturated carbocycles. The quantitative estimate of drug-likeness (QED) is 0.922. The lowest BCUT2D eigenvalue weighted by Gasteiger charge is -2.29. The molecule has 1 aliphatic heterocycles. The molecular formula is C15H20F2N2O2. The van der Waals surface area contributed by atoms with Crippen molar-refractivity contribution in [2.24, 2.45) is 0 Å². The molecule has 0 bridgehead atoms. The molecule has 0 spiro atoms. The van der Waals surface area contributed by atoms with E-state index in [1.807, 2.05) is 0 Å². The zero-order chi connectivity index (χ0) is 15.4. The molecule has 2 unspecified atom stereocenters. The fourth-order valence-corrected chi connectivity index (χ4v) is 2.35. The van der Waals surface area contributed by atoms with Gasteiger partial charge in [0.25, 0.3) is 0 Å². The Balaban J connectivity index is 2.02. The summed E-state index contributed by atoms with van der Waals surface area (Å²) in [5.74, 6) is -1.18. The van der Waals surface area contributed by atoms with Crippen molar-refractivity contribution in [1.82, 2.24) is 10.2 Å². The summed E-state index contributed by atoms with van der Waals surface area (Å²) in [4.78, 5) is 13.7. The zero-order valence-corrected chi connectivity index (χ0v) is 12.2. The van der Waals surface area contributed by atoms with Crippen LogP contribution in [0.1, 0.15) is 24.9 Å². The Hall–Kier alpha value is -1.53. The first kappa shape index (κ1) is 15.9. The number of benzene rings is 1. The van der Waals surface area contributed by atoms with Crippen LogP contribution in [0.25, 0.3) is 0 Å². The summed E-state index contributed by atoms with van der Waals surface area (Å²) < 4.78 is 32.5. The van der Waals surface area contributed by atoms with Crippen molar-refractivity contribution in [3.63, 3.8) is 0 Å². The number of ether oxygens (including phenoxy) is 1. The minimum absolute atomic E-state index is 0.153. The van der Waals surface area contributed by atoms with Gasteiger partial charge in [0.2, 0.25) is 5.91 Å². The number of amides is 1. The SMILES string of the molecule is CC(c1cc(F)ccc1F)N(C)C(=O)CC1CNCCO1. The second kappa shape index (κ2) is 6.95. The smallest absolute Gasteiger partial charge is 0.225 e. The third-order valence-electron chi connectivity index (χ3n) is 3.79. The Labute approximate surface area is 123 Å². The normalized spacial score (nSPS) is 20.1. The summed E-state index contributed by atoms with van der Waals surface area (Å²) in [6.07, 6.45) is 0.0587. The van der Waals surface area contributed by atoms with E-state index in [0.717, 1.165) is 24.7 Å². The van der Waals surface area contributed by atoms with Gasteiger partial charge < -0.3 is 15.0 Å². The lowest BCUT2D eigenvalue weighted by molar-refractivity contribution is -0.135. The van der Waals surface area contributed by atoms with Gasteiger partial charge in [-0.15, -0.1) is 0 Å². The first-order valence-corrected chi connectivity index (χ1v) is 7.02. The third kappa shape index (κ3) is 3.98. The molecule has 1 aliphatic rings. The molecular weight excluding hydrogens is 278 g/mol. The number of nitrogens with zero attached hydrogens (tertiary/aromatic N) is 1. The van der Waals surface area contributed by atoms with Gasteiger partial charge in [-0.2, -0.15) is 0 Å². The molecule has 1 saturated heterocycles. The first-order valence-electron chi connectivity index (χ1n) is 7.02. The Morgan fingerprint density at radius 1 is 1.52 bits per heavy atom. The molecule has 1 aromatic carbocycles. The average molecular weight is 298 g/mol. The Morgan fingerprint density at radius 2 is 2.29 bits per heavy atom. The van der Waals surface area contributed by atoms with Crippen molar-refractivity contribution >= 4 is 5.91 Å². The third-order valence-corrected chi connectivity index (χ3v) is 3.79. The molecule has 2 atom stereocenters. The van der Waals surface area contributed by atoms with E-state index in [1.54, 1.807) is 14.0 Å². The summed E-state index contributed by atoms with van der Waals surface area (Å²) in [5, 5.41) is 3.15. The topological polar surface area (TPSA) is 41.6 Å². The van der Waals surface area contributed by atoms with Crippen molar-refractivity contribution in [2.45, 2.75) is 25.5 Å². The Morgan fingerprint density at radius 3 is 2.95 bits per heavy atom. The van der Waals surface area contributed by atoms with Crippen molar-refractivity contribution in [3.05, 3.63) is 35.4 Å². The molecule has 1 N–H and O–H groups in total. The van der Waals surface area contributed by atoms with Crippen LogP contribution in [-0.4, -0.2) is 43.7 Å². The number of hydrogen-bond acceptors (Lipinski definition) is 3. The van der Waals surface area contributed by atoms with Gasteiger partial charge in [0, 0.05) is 25.7 Å². The lowest BCUT2D eigenvalue weighted by Crippen LogP contribution is -2.42. The van der Waals surface area contributed by atoms with Crippen LogP contribution in [0.5, 0.6) is 0 Å². The second-order valence-electron chi connectivity index (χ2n) is 5.25. The van der Waals surface area contributed by atoms with E-state index in [2.05, 4.69) is 5.32 Å². The number of carbonyl (C=O) groups excluding carboxylic acids is 1. The Kier molecular flexibility index (Phi) is 5.25. The maximum atomic E-state index is 13.8. The van der Waals surface area contributed by atoms with Gasteiger partial charge in [0.15, 0.2) is 0 Å². The van der Waals surface area contributed by atoms with Gasteiger partial charge in [0.1, 0.15) is 11.6 Å². The highest BCUT2D eigenvalue weighted by atomic mass is 19.1. The van der Waals surface area contributed by atoms with E-state index in [1.165, 1.54) is 4.90 Å². The highest BCUT2D eigenvalue weighted by Crippen LogP contribution is 2.23. The minimum Gasteiger partial charge on any atom is -0.375 e. The van der Waals surface area contributed by atoms with Gasteiger partial charge in [0.05, 0.1) is 25.2 Å². The fourth-order valence-electron chi connectivity index (χ4n) is 2.35. The number of carbonyl (C=O) groups is 1. The van der Waals surface area contributed by atoms with Crippen LogP contribution in [0.2, 0.25) is 0 Å². The number of morpholine rings is 1. The zero-order valence-electron chi connectivity index (χ0n) is 12.2. The average Bonchev–Trinajstić information content (AvgIpc) is 2.49. The highest BCUT2D eigenvalue weighted by molar-refractivity contribution is 5.77. The molecule has 1 amide bonds. The molecule has 0 aromatic heterocycles. The number of hydrogen-bond donors (Lipinski definition) is 1. The van der Waals surface area contributed by atoms with Crippen LogP contribution in [0.4, 0.5) is 8.78 Å². The molecule has 1 heterocycles. The molecule has 116 valence electrons. The Bertz CT molecular complexity index is 504. The van der Waals surface area contributed by atoms with E-state index < -0.39 is 17.7 Å². The number of halogens is 2. The monoisotopic (exact) mass is 298 g/mol. The fraction of sp³-hybridized carbons (Fsp3) is 0.533. The summed E-state index contributed by atoms with van der Waals surface area (Å²) in [6, 6.07) is 2.73. The maximum absolute atomic E-state index is 13.8. The second-order valence-corrected chi connectivity index (χ2v) is 5.25. The first-order chi connectivity index (χ1) is 9.99. The summed E-state index contributed by atoms with van der Waals surface area (Å²) in [5.41, 5.74) is 0.175. The predicted molar refractivity (Wildman–Crippen MR) is 74.8 cm³/mol. The van der Waals surface area contributed by atoms with Crippen LogP contribution in [0.15, 0.2) is 18.2 Å². The molecule has 0 aliphatic carbocycles. The molecule has 1 fully saturated rings. The van der Waals surface area contributed by atoms with Crippen LogP contribution in [0.3, 0.4) is 0 Å². The van der Waals surface area contributed by atoms with Gasteiger partial charge in [-0.05, 0) is 25.1 Å². The van der Waals surface area contributed by atoms with Crippen molar-refractivity contribution in [2.75, 3.05) is 26.7 Å². The van der Waals surface area contributed by atoms with Gasteiger partial charge >= 0.3 is 0 Å². The standard InChI is InChI=1S/C15H20F2N2O2/c1-10(13-7-11(16)3-4-14(13)17)19(2)15(20)8-12-9-18-5-6-21-12/h3-4,7,10,12,18H,5-6,8-9H2,1-2H3. The van der Waals surface area contributed by atoms with Crippen molar-refractivity contribution in [3.8, 4) is 0 Å². The molecule has 2 rings (SSSR count). The summed E-state index contributed by atoms with van der Waals surface area (Å²) in [7, 11) is 1.59. The van der Waals surface area contributed by atoms with Crippen LogP contribution in [-0.2, 0) is 9.53 Å². The van der Waals surface area contributed by atoms with Crippen molar-refractivity contribution < 1.29 is 18.3 Å². The lowest BCUT2D eigenvalue weighted by atomic mass is 10.1. The van der Waals surface area contributed by atoms with Gasteiger partial charge in [-0.25, -0.2) is 8.78 Å². The van der Waals surface area contributed by atoms with Crippen molar-refractivity contribution in [1.29, 1.82) is 0 Å². The van der Waals surface area contributed by atoms with E-state index in [0.29, 0.717) is 13.2 Å². The number of nitrogens with one attached hydrogen (secondary N) is 1. The molecule has 21 heavy (non-hydrogen) atoms. The van der Waals surface area contributed by atoms with Crippen LogP contribution >= 0.6 is 0 Å². The van der Waals surface area contributed by atoms with E-state index in [4.69, 9.17) is 4.74 Å². The molecule has 4 nitrogen and oxygen atoms in total. The van der Waals surface area contributed by atoms with Crippen LogP contribution < -0.4 is 5.32 Å². The van der Waals surface area contributed by atoms with Gasteiger partial charge in [-0.3, -0.25) is 4.79 Å². The molecule has 6 heteroatoms. The van der Waals surface area contributed by atoms with Gasteiger partial charge in [-0.1, -0.05) is 0 Å². The number of rotatable bonds is 4. The molecule has 1 aromatic rings.